The minimum absolute atomic E-state index is 0. The molecule has 22 heavy (non-hydrogen) atoms. The van der Waals surface area contributed by atoms with Gasteiger partial charge in [0, 0.05) is 26.1 Å². The van der Waals surface area contributed by atoms with Crippen molar-refractivity contribution in [2.24, 2.45) is 5.73 Å². The highest BCUT2D eigenvalue weighted by Crippen LogP contribution is 2.12. The van der Waals surface area contributed by atoms with Crippen LogP contribution >= 0.6 is 12.4 Å². The van der Waals surface area contributed by atoms with Crippen LogP contribution < -0.4 is 5.73 Å². The van der Waals surface area contributed by atoms with Crippen molar-refractivity contribution in [2.75, 3.05) is 26.2 Å². The summed E-state index contributed by atoms with van der Waals surface area (Å²) in [6, 6.07) is 6.21. The number of halogens is 2. The monoisotopic (exact) mass is 329 g/mol. The second kappa shape index (κ2) is 8.70. The second-order valence-electron chi connectivity index (χ2n) is 5.15. The molecule has 0 saturated carbocycles. The molecule has 0 bridgehead atoms. The van der Waals surface area contributed by atoms with E-state index in [2.05, 4.69) is 0 Å². The highest BCUT2D eigenvalue weighted by molar-refractivity contribution is 5.86. The highest BCUT2D eigenvalue weighted by atomic mass is 35.5. The van der Waals surface area contributed by atoms with Crippen molar-refractivity contribution in [3.8, 4) is 0 Å². The van der Waals surface area contributed by atoms with Crippen LogP contribution in [0.1, 0.15) is 18.4 Å². The molecule has 1 aromatic carbocycles. The Balaban J connectivity index is 0.00000242. The van der Waals surface area contributed by atoms with Gasteiger partial charge in [0.2, 0.25) is 11.8 Å². The van der Waals surface area contributed by atoms with Crippen molar-refractivity contribution in [1.82, 2.24) is 9.80 Å². The molecular weight excluding hydrogens is 309 g/mol. The van der Waals surface area contributed by atoms with Crippen molar-refractivity contribution in [3.63, 3.8) is 0 Å². The number of hydrogen-bond acceptors (Lipinski definition) is 3. The Morgan fingerprint density at radius 3 is 2.73 bits per heavy atom. The van der Waals surface area contributed by atoms with E-state index in [0.29, 0.717) is 39.0 Å². The van der Waals surface area contributed by atoms with Gasteiger partial charge in [-0.3, -0.25) is 9.59 Å². The Labute approximate surface area is 135 Å². The Morgan fingerprint density at radius 1 is 1.32 bits per heavy atom. The van der Waals surface area contributed by atoms with Crippen molar-refractivity contribution >= 4 is 24.2 Å². The Hall–Kier alpha value is -1.66. The smallest absolute Gasteiger partial charge is 0.242 e. The summed E-state index contributed by atoms with van der Waals surface area (Å²) in [6.07, 6.45) is 1.02. The summed E-state index contributed by atoms with van der Waals surface area (Å²) in [7, 11) is 0. The SMILES string of the molecule is Cl.NCCCC(=O)N1CCN(Cc2cccc(F)c2)C(=O)C1. The van der Waals surface area contributed by atoms with E-state index < -0.39 is 0 Å². The summed E-state index contributed by atoms with van der Waals surface area (Å²) >= 11 is 0. The molecule has 1 aliphatic rings. The molecule has 7 heteroatoms. The molecule has 1 fully saturated rings. The predicted molar refractivity (Wildman–Crippen MR) is 83.9 cm³/mol. The number of carbonyl (C=O) groups excluding carboxylic acids is 2. The summed E-state index contributed by atoms with van der Waals surface area (Å²) in [6.45, 7) is 1.94. The van der Waals surface area contributed by atoms with Gasteiger partial charge in [-0.1, -0.05) is 12.1 Å². The number of benzene rings is 1. The van der Waals surface area contributed by atoms with Crippen LogP contribution in [-0.4, -0.2) is 47.8 Å². The van der Waals surface area contributed by atoms with Crippen LogP contribution in [0.3, 0.4) is 0 Å². The van der Waals surface area contributed by atoms with Gasteiger partial charge in [-0.25, -0.2) is 4.39 Å². The van der Waals surface area contributed by atoms with Gasteiger partial charge < -0.3 is 15.5 Å². The first kappa shape index (κ1) is 18.4. The number of nitrogens with zero attached hydrogens (tertiary/aromatic N) is 2. The van der Waals surface area contributed by atoms with Gasteiger partial charge in [-0.15, -0.1) is 12.4 Å². The van der Waals surface area contributed by atoms with Crippen molar-refractivity contribution in [3.05, 3.63) is 35.6 Å². The number of nitrogens with two attached hydrogens (primary N) is 1. The standard InChI is InChI=1S/C15H20FN3O2.ClH/c16-13-4-1-3-12(9-13)10-18-7-8-19(11-15(18)21)14(20)5-2-6-17;/h1,3-4,9H,2,5-8,10-11,17H2;1H. The number of hydrogen-bond donors (Lipinski definition) is 1. The maximum absolute atomic E-state index is 13.1. The molecule has 2 N–H and O–H groups in total. The third kappa shape index (κ3) is 4.96. The van der Waals surface area contributed by atoms with E-state index in [1.54, 1.807) is 21.9 Å². The van der Waals surface area contributed by atoms with Crippen LogP contribution in [0.4, 0.5) is 4.39 Å². The Bertz CT molecular complexity index is 527. The average Bonchev–Trinajstić information content (AvgIpc) is 2.47. The van der Waals surface area contributed by atoms with Gasteiger partial charge in [0.05, 0.1) is 6.54 Å². The van der Waals surface area contributed by atoms with Crippen LogP contribution in [0.5, 0.6) is 0 Å². The Morgan fingerprint density at radius 2 is 2.09 bits per heavy atom. The maximum Gasteiger partial charge on any atom is 0.242 e. The molecule has 0 aromatic heterocycles. The zero-order valence-electron chi connectivity index (χ0n) is 12.3. The van der Waals surface area contributed by atoms with Gasteiger partial charge in [-0.05, 0) is 30.7 Å². The number of rotatable bonds is 5. The summed E-state index contributed by atoms with van der Waals surface area (Å²) < 4.78 is 13.1. The third-order valence-electron chi connectivity index (χ3n) is 3.53. The summed E-state index contributed by atoms with van der Waals surface area (Å²) in [4.78, 5) is 27.2. The molecule has 0 radical (unpaired) electrons. The zero-order valence-corrected chi connectivity index (χ0v) is 13.2. The lowest BCUT2D eigenvalue weighted by molar-refractivity contribution is -0.145. The van der Waals surface area contributed by atoms with E-state index >= 15 is 0 Å². The van der Waals surface area contributed by atoms with E-state index in [0.717, 1.165) is 5.56 Å². The lowest BCUT2D eigenvalue weighted by Gasteiger charge is -2.34. The van der Waals surface area contributed by atoms with Gasteiger partial charge in [0.15, 0.2) is 0 Å². The van der Waals surface area contributed by atoms with Crippen LogP contribution in [0.15, 0.2) is 24.3 Å². The lowest BCUT2D eigenvalue weighted by atomic mass is 10.2. The molecule has 2 amide bonds. The van der Waals surface area contributed by atoms with Gasteiger partial charge >= 0.3 is 0 Å². The molecule has 0 aliphatic carbocycles. The quantitative estimate of drug-likeness (QED) is 0.881. The largest absolute Gasteiger partial charge is 0.335 e. The van der Waals surface area contributed by atoms with E-state index in [-0.39, 0.29) is 36.6 Å². The summed E-state index contributed by atoms with van der Waals surface area (Å²) in [5.74, 6) is -0.443. The molecule has 0 spiro atoms. The Kier molecular flexibility index (Phi) is 7.27. The van der Waals surface area contributed by atoms with Crippen molar-refractivity contribution in [1.29, 1.82) is 0 Å². The predicted octanol–water partition coefficient (Wildman–Crippen LogP) is 1.16. The van der Waals surface area contributed by atoms with Crippen LogP contribution in [0, 0.1) is 5.82 Å². The molecule has 0 unspecified atom stereocenters. The molecule has 1 aliphatic heterocycles. The average molecular weight is 330 g/mol. The van der Waals surface area contributed by atoms with Crippen LogP contribution in [-0.2, 0) is 16.1 Å². The first-order valence-corrected chi connectivity index (χ1v) is 7.10. The highest BCUT2D eigenvalue weighted by Gasteiger charge is 2.26. The molecule has 1 heterocycles. The van der Waals surface area contributed by atoms with Gasteiger partial charge in [0.1, 0.15) is 5.82 Å². The molecule has 122 valence electrons. The first-order chi connectivity index (χ1) is 10.1. The van der Waals surface area contributed by atoms with Gasteiger partial charge in [-0.2, -0.15) is 0 Å². The topological polar surface area (TPSA) is 66.6 Å². The first-order valence-electron chi connectivity index (χ1n) is 7.10. The van der Waals surface area contributed by atoms with E-state index in [1.165, 1.54) is 12.1 Å². The minimum atomic E-state index is -0.310. The van der Waals surface area contributed by atoms with E-state index in [1.807, 2.05) is 0 Å². The number of carbonyl (C=O) groups is 2. The van der Waals surface area contributed by atoms with Crippen molar-refractivity contribution in [2.45, 2.75) is 19.4 Å². The lowest BCUT2D eigenvalue weighted by Crippen LogP contribution is -2.51. The molecule has 1 saturated heterocycles. The zero-order chi connectivity index (χ0) is 15.2. The van der Waals surface area contributed by atoms with E-state index in [9.17, 15) is 14.0 Å². The van der Waals surface area contributed by atoms with Crippen LogP contribution in [0.25, 0.3) is 0 Å². The minimum Gasteiger partial charge on any atom is -0.335 e. The fourth-order valence-electron chi connectivity index (χ4n) is 2.36. The summed E-state index contributed by atoms with van der Waals surface area (Å²) in [5.41, 5.74) is 6.13. The second-order valence-corrected chi connectivity index (χ2v) is 5.15. The fraction of sp³-hybridized carbons (Fsp3) is 0.467. The van der Waals surface area contributed by atoms with Crippen LogP contribution in [0.2, 0.25) is 0 Å². The fourth-order valence-corrected chi connectivity index (χ4v) is 2.36. The maximum atomic E-state index is 13.1. The summed E-state index contributed by atoms with van der Waals surface area (Å²) in [5, 5.41) is 0. The van der Waals surface area contributed by atoms with Crippen molar-refractivity contribution < 1.29 is 14.0 Å². The van der Waals surface area contributed by atoms with Gasteiger partial charge in [0.25, 0.3) is 0 Å². The molecule has 5 nitrogen and oxygen atoms in total. The normalized spacial score (nSPS) is 14.7. The molecule has 2 rings (SSSR count). The number of piperazine rings is 1. The van der Waals surface area contributed by atoms with E-state index in [4.69, 9.17) is 5.73 Å². The molecule has 0 atom stereocenters. The number of amides is 2. The molecular formula is C15H21ClFN3O2. The third-order valence-corrected chi connectivity index (χ3v) is 3.53. The molecule has 1 aromatic rings.